The zero-order valence-electron chi connectivity index (χ0n) is 13.9. The van der Waals surface area contributed by atoms with Crippen molar-refractivity contribution in [3.05, 3.63) is 71.9 Å². The molecule has 2 aromatic carbocycles. The van der Waals surface area contributed by atoms with Crippen LogP contribution in [0.3, 0.4) is 0 Å². The van der Waals surface area contributed by atoms with Gasteiger partial charge in [0.15, 0.2) is 0 Å². The third-order valence-corrected chi connectivity index (χ3v) is 3.54. The Labute approximate surface area is 144 Å². The Hall–Kier alpha value is -3.15. The van der Waals surface area contributed by atoms with E-state index < -0.39 is 0 Å². The van der Waals surface area contributed by atoms with Crippen molar-refractivity contribution in [3.8, 4) is 17.2 Å². The third-order valence-electron chi connectivity index (χ3n) is 3.54. The van der Waals surface area contributed by atoms with E-state index >= 15 is 0 Å². The molecule has 0 bridgehead atoms. The summed E-state index contributed by atoms with van der Waals surface area (Å²) in [4.78, 5) is 17.7. The number of ether oxygens (including phenoxy) is 1. The number of aromatic nitrogens is 1. The van der Waals surface area contributed by atoms with Crippen LogP contribution in [0.5, 0.6) is 5.75 Å². The van der Waals surface area contributed by atoms with E-state index in [9.17, 15) is 9.18 Å². The van der Waals surface area contributed by atoms with Crippen molar-refractivity contribution in [1.29, 1.82) is 0 Å². The lowest BCUT2D eigenvalue weighted by atomic mass is 10.2. The van der Waals surface area contributed by atoms with Crippen LogP contribution in [0.25, 0.3) is 11.5 Å². The van der Waals surface area contributed by atoms with Gasteiger partial charge in [-0.25, -0.2) is 9.37 Å². The molecule has 0 unspecified atom stereocenters. The van der Waals surface area contributed by atoms with Gasteiger partial charge in [-0.2, -0.15) is 0 Å². The number of nitrogens with zero attached hydrogens (tertiary/aromatic N) is 2. The molecule has 0 radical (unpaired) electrons. The van der Waals surface area contributed by atoms with Gasteiger partial charge in [0.25, 0.3) is 5.91 Å². The van der Waals surface area contributed by atoms with E-state index in [1.807, 2.05) is 0 Å². The van der Waals surface area contributed by atoms with Gasteiger partial charge in [-0.1, -0.05) is 0 Å². The minimum absolute atomic E-state index is 0.0630. The first kappa shape index (κ1) is 16.7. The fourth-order valence-corrected chi connectivity index (χ4v) is 2.21. The second kappa shape index (κ2) is 7.17. The molecule has 25 heavy (non-hydrogen) atoms. The monoisotopic (exact) mass is 340 g/mol. The van der Waals surface area contributed by atoms with E-state index in [1.54, 1.807) is 50.5 Å². The third kappa shape index (κ3) is 4.03. The Balaban J connectivity index is 1.62. The molecule has 3 rings (SSSR count). The van der Waals surface area contributed by atoms with Gasteiger partial charge < -0.3 is 14.1 Å². The lowest BCUT2D eigenvalue weighted by Gasteiger charge is -2.10. The lowest BCUT2D eigenvalue weighted by molar-refractivity contribution is 0.0827. The number of carbonyl (C=O) groups excluding carboxylic acids is 1. The molecule has 0 atom stereocenters. The second-order valence-electron chi connectivity index (χ2n) is 5.66. The Morgan fingerprint density at radius 2 is 1.80 bits per heavy atom. The fraction of sp³-hybridized carbons (Fsp3) is 0.158. The predicted octanol–water partition coefficient (Wildman–Crippen LogP) is 3.76. The Bertz CT molecular complexity index is 855. The highest BCUT2D eigenvalue weighted by atomic mass is 19.1. The minimum atomic E-state index is -0.310. The SMILES string of the molecule is CN(C)C(=O)c1ccc(OCc2coc(-c3ccc(F)cc3)n2)cc1. The standard InChI is InChI=1S/C19H17FN2O3/c1-22(2)19(23)14-5-9-17(10-6-14)24-11-16-12-25-18(21-16)13-3-7-15(20)8-4-13/h3-10,12H,11H2,1-2H3. The van der Waals surface area contributed by atoms with Gasteiger partial charge in [-0.15, -0.1) is 0 Å². The summed E-state index contributed by atoms with van der Waals surface area (Å²) in [7, 11) is 3.41. The normalized spacial score (nSPS) is 10.5. The summed E-state index contributed by atoms with van der Waals surface area (Å²) in [6.07, 6.45) is 1.50. The summed E-state index contributed by atoms with van der Waals surface area (Å²) in [6, 6.07) is 12.8. The fourth-order valence-electron chi connectivity index (χ4n) is 2.21. The summed E-state index contributed by atoms with van der Waals surface area (Å²) >= 11 is 0. The van der Waals surface area contributed by atoms with Crippen molar-refractivity contribution in [1.82, 2.24) is 9.88 Å². The highest BCUT2D eigenvalue weighted by molar-refractivity contribution is 5.93. The van der Waals surface area contributed by atoms with Crippen LogP contribution in [0.1, 0.15) is 16.1 Å². The van der Waals surface area contributed by atoms with Gasteiger partial charge in [0.05, 0.1) is 0 Å². The number of rotatable bonds is 5. The van der Waals surface area contributed by atoms with Gasteiger partial charge >= 0.3 is 0 Å². The van der Waals surface area contributed by atoms with Crippen molar-refractivity contribution < 1.29 is 18.3 Å². The molecule has 1 amide bonds. The van der Waals surface area contributed by atoms with Gasteiger partial charge in [-0.3, -0.25) is 4.79 Å². The average Bonchev–Trinajstić information content (AvgIpc) is 3.09. The van der Waals surface area contributed by atoms with Crippen LogP contribution < -0.4 is 4.74 Å². The quantitative estimate of drug-likeness (QED) is 0.710. The van der Waals surface area contributed by atoms with Crippen molar-refractivity contribution >= 4 is 5.91 Å². The van der Waals surface area contributed by atoms with E-state index in [4.69, 9.17) is 9.15 Å². The molecule has 0 saturated carbocycles. The Morgan fingerprint density at radius 1 is 1.12 bits per heavy atom. The summed E-state index contributed by atoms with van der Waals surface area (Å²) < 4.78 is 24.0. The van der Waals surface area contributed by atoms with E-state index in [0.29, 0.717) is 28.5 Å². The molecular formula is C19H17FN2O3. The average molecular weight is 340 g/mol. The van der Waals surface area contributed by atoms with E-state index in [1.165, 1.54) is 23.3 Å². The topological polar surface area (TPSA) is 55.6 Å². The first-order valence-electron chi connectivity index (χ1n) is 7.68. The number of carbonyl (C=O) groups is 1. The zero-order chi connectivity index (χ0) is 17.8. The maximum atomic E-state index is 12.9. The molecule has 0 N–H and O–H groups in total. The molecular weight excluding hydrogens is 323 g/mol. The number of hydrogen-bond acceptors (Lipinski definition) is 4. The molecule has 3 aromatic rings. The highest BCUT2D eigenvalue weighted by Crippen LogP contribution is 2.20. The number of halogens is 1. The van der Waals surface area contributed by atoms with E-state index in [-0.39, 0.29) is 18.3 Å². The molecule has 128 valence electrons. The maximum Gasteiger partial charge on any atom is 0.253 e. The van der Waals surface area contributed by atoms with Crippen molar-refractivity contribution in [2.75, 3.05) is 14.1 Å². The van der Waals surface area contributed by atoms with Crippen molar-refractivity contribution in [3.63, 3.8) is 0 Å². The largest absolute Gasteiger partial charge is 0.487 e. The van der Waals surface area contributed by atoms with Gasteiger partial charge in [0.1, 0.15) is 30.1 Å². The van der Waals surface area contributed by atoms with Gasteiger partial charge in [0, 0.05) is 25.2 Å². The second-order valence-corrected chi connectivity index (χ2v) is 5.66. The number of hydrogen-bond donors (Lipinski definition) is 0. The van der Waals surface area contributed by atoms with Crippen LogP contribution in [0.15, 0.2) is 59.2 Å². The van der Waals surface area contributed by atoms with Crippen LogP contribution in [-0.4, -0.2) is 29.9 Å². The molecule has 1 heterocycles. The highest BCUT2D eigenvalue weighted by Gasteiger charge is 2.09. The van der Waals surface area contributed by atoms with E-state index in [0.717, 1.165) is 0 Å². The molecule has 6 heteroatoms. The van der Waals surface area contributed by atoms with Crippen LogP contribution >= 0.6 is 0 Å². The molecule has 0 spiro atoms. The molecule has 0 aliphatic rings. The molecule has 0 saturated heterocycles. The number of oxazole rings is 1. The van der Waals surface area contributed by atoms with Gasteiger partial charge in [0.2, 0.25) is 5.89 Å². The van der Waals surface area contributed by atoms with Crippen LogP contribution in [0.2, 0.25) is 0 Å². The Morgan fingerprint density at radius 3 is 2.44 bits per heavy atom. The van der Waals surface area contributed by atoms with Gasteiger partial charge in [-0.05, 0) is 48.5 Å². The van der Waals surface area contributed by atoms with Crippen LogP contribution in [0.4, 0.5) is 4.39 Å². The Kier molecular flexibility index (Phi) is 4.79. The van der Waals surface area contributed by atoms with E-state index in [2.05, 4.69) is 4.98 Å². The first-order valence-corrected chi connectivity index (χ1v) is 7.68. The zero-order valence-corrected chi connectivity index (χ0v) is 13.9. The summed E-state index contributed by atoms with van der Waals surface area (Å²) in [5.41, 5.74) is 1.91. The van der Waals surface area contributed by atoms with Crippen LogP contribution in [-0.2, 0) is 6.61 Å². The van der Waals surface area contributed by atoms with Crippen LogP contribution in [0, 0.1) is 5.82 Å². The molecule has 0 aliphatic heterocycles. The predicted molar refractivity (Wildman–Crippen MR) is 90.7 cm³/mol. The minimum Gasteiger partial charge on any atom is -0.487 e. The lowest BCUT2D eigenvalue weighted by Crippen LogP contribution is -2.21. The number of amides is 1. The summed E-state index contributed by atoms with van der Waals surface area (Å²) in [5.74, 6) is 0.661. The smallest absolute Gasteiger partial charge is 0.253 e. The summed E-state index contributed by atoms with van der Waals surface area (Å²) in [5, 5.41) is 0. The molecule has 5 nitrogen and oxygen atoms in total. The summed E-state index contributed by atoms with van der Waals surface area (Å²) in [6.45, 7) is 0.228. The molecule has 0 fully saturated rings. The first-order chi connectivity index (χ1) is 12.0. The van der Waals surface area contributed by atoms with Crippen molar-refractivity contribution in [2.45, 2.75) is 6.61 Å². The van der Waals surface area contributed by atoms with Crippen molar-refractivity contribution in [2.24, 2.45) is 0 Å². The maximum absolute atomic E-state index is 12.9. The number of benzene rings is 2. The molecule has 0 aliphatic carbocycles. The molecule has 1 aromatic heterocycles.